The zero-order chi connectivity index (χ0) is 25.7. The second kappa shape index (κ2) is 10.7. The van der Waals surface area contributed by atoms with Crippen LogP contribution in [0.5, 0.6) is 11.6 Å². The van der Waals surface area contributed by atoms with Crippen molar-refractivity contribution < 1.29 is 20.5 Å². The summed E-state index contributed by atoms with van der Waals surface area (Å²) in [5.41, 5.74) is 1.65. The van der Waals surface area contributed by atoms with Gasteiger partial charge < -0.3 is 24.6 Å². The number of nitrogens with zero attached hydrogens (tertiary/aromatic N) is 3. The first-order valence-electron chi connectivity index (χ1n) is 12.0. The fraction of sp³-hybridized carbons (Fsp3) is 0.321. The van der Waals surface area contributed by atoms with Gasteiger partial charge in [-0.2, -0.15) is 0 Å². The SMILES string of the molecule is CN(C(=O)OC(C)(C)C)C1CCN(c2ccc(NC(=O)c3ccc(Oc4ccccc4)nc3)cc2)C1.[HH]. The average molecular weight is 491 g/mol. The fourth-order valence-corrected chi connectivity index (χ4v) is 3.92. The molecule has 1 aromatic heterocycles. The molecular weight excluding hydrogens is 456 g/mol. The van der Waals surface area contributed by atoms with Crippen molar-refractivity contribution in [3.8, 4) is 11.6 Å². The number of aromatic nitrogens is 1. The molecule has 1 fully saturated rings. The minimum absolute atomic E-state index is 0. The van der Waals surface area contributed by atoms with Crippen molar-refractivity contribution in [3.05, 3.63) is 78.5 Å². The molecule has 0 aliphatic carbocycles. The van der Waals surface area contributed by atoms with Crippen LogP contribution in [0, 0.1) is 0 Å². The summed E-state index contributed by atoms with van der Waals surface area (Å²) in [4.78, 5) is 33.2. The van der Waals surface area contributed by atoms with Crippen molar-refractivity contribution in [1.29, 1.82) is 0 Å². The number of amides is 2. The normalized spacial score (nSPS) is 15.3. The maximum Gasteiger partial charge on any atom is 0.410 e. The number of pyridine rings is 1. The lowest BCUT2D eigenvalue weighted by Crippen LogP contribution is -2.42. The monoisotopic (exact) mass is 490 g/mol. The first kappa shape index (κ1) is 25.0. The van der Waals surface area contributed by atoms with E-state index >= 15 is 0 Å². The van der Waals surface area contributed by atoms with Crippen molar-refractivity contribution in [3.63, 3.8) is 0 Å². The number of hydrogen-bond acceptors (Lipinski definition) is 6. The summed E-state index contributed by atoms with van der Waals surface area (Å²) in [5.74, 6) is 0.855. The Bertz CT molecular complexity index is 1180. The molecule has 0 spiro atoms. The van der Waals surface area contributed by atoms with Crippen LogP contribution in [0.4, 0.5) is 16.2 Å². The quantitative estimate of drug-likeness (QED) is 0.469. The van der Waals surface area contributed by atoms with Gasteiger partial charge in [-0.15, -0.1) is 0 Å². The van der Waals surface area contributed by atoms with Gasteiger partial charge in [0.25, 0.3) is 5.91 Å². The van der Waals surface area contributed by atoms with Gasteiger partial charge in [-0.05, 0) is 69.7 Å². The second-order valence-electron chi connectivity index (χ2n) is 9.78. The number of likely N-dealkylation sites (N-methyl/N-ethyl adjacent to an activating group) is 1. The predicted molar refractivity (Wildman–Crippen MR) is 142 cm³/mol. The molecule has 0 saturated carbocycles. The van der Waals surface area contributed by atoms with Gasteiger partial charge in [-0.25, -0.2) is 9.78 Å². The number of nitrogens with one attached hydrogen (secondary N) is 1. The average Bonchev–Trinajstić information content (AvgIpc) is 3.34. The molecule has 2 aromatic carbocycles. The van der Waals surface area contributed by atoms with Gasteiger partial charge in [0.05, 0.1) is 11.6 Å². The largest absolute Gasteiger partial charge is 0.444 e. The molecule has 4 rings (SSSR count). The first-order chi connectivity index (χ1) is 17.2. The predicted octanol–water partition coefficient (Wildman–Crippen LogP) is 5.82. The topological polar surface area (TPSA) is 84.0 Å². The van der Waals surface area contributed by atoms with Crippen LogP contribution in [-0.2, 0) is 4.74 Å². The summed E-state index contributed by atoms with van der Waals surface area (Å²) >= 11 is 0. The molecule has 36 heavy (non-hydrogen) atoms. The number of anilines is 2. The molecule has 8 nitrogen and oxygen atoms in total. The van der Waals surface area contributed by atoms with Gasteiger partial charge >= 0.3 is 6.09 Å². The van der Waals surface area contributed by atoms with Crippen molar-refractivity contribution in [1.82, 2.24) is 9.88 Å². The van der Waals surface area contributed by atoms with Crippen LogP contribution in [0.1, 0.15) is 39.0 Å². The summed E-state index contributed by atoms with van der Waals surface area (Å²) in [5, 5.41) is 2.90. The van der Waals surface area contributed by atoms with Gasteiger partial charge in [-0.3, -0.25) is 4.79 Å². The Morgan fingerprint density at radius 1 is 1.06 bits per heavy atom. The number of carbonyl (C=O) groups excluding carboxylic acids is 2. The van der Waals surface area contributed by atoms with E-state index in [4.69, 9.17) is 9.47 Å². The number of ether oxygens (including phenoxy) is 2. The van der Waals surface area contributed by atoms with Crippen molar-refractivity contribution in [2.45, 2.75) is 38.8 Å². The van der Waals surface area contributed by atoms with Crippen LogP contribution in [0.25, 0.3) is 0 Å². The highest BCUT2D eigenvalue weighted by Crippen LogP contribution is 2.25. The Morgan fingerprint density at radius 3 is 2.42 bits per heavy atom. The number of para-hydroxylation sites is 1. The lowest BCUT2D eigenvalue weighted by atomic mass is 10.2. The van der Waals surface area contributed by atoms with Crippen LogP contribution in [0.15, 0.2) is 72.9 Å². The number of carbonyl (C=O) groups is 2. The number of benzene rings is 2. The molecule has 1 N–H and O–H groups in total. The van der Waals surface area contributed by atoms with Crippen LogP contribution < -0.4 is 15.0 Å². The molecule has 1 saturated heterocycles. The second-order valence-corrected chi connectivity index (χ2v) is 9.78. The summed E-state index contributed by atoms with van der Waals surface area (Å²) < 4.78 is 11.2. The van der Waals surface area contributed by atoms with Crippen LogP contribution in [0.3, 0.4) is 0 Å². The molecule has 1 atom stereocenters. The van der Waals surface area contributed by atoms with E-state index in [1.165, 1.54) is 6.20 Å². The highest BCUT2D eigenvalue weighted by Gasteiger charge is 2.31. The van der Waals surface area contributed by atoms with Crippen LogP contribution in [0.2, 0.25) is 0 Å². The fourth-order valence-electron chi connectivity index (χ4n) is 3.92. The van der Waals surface area contributed by atoms with Crippen molar-refractivity contribution in [2.75, 3.05) is 30.4 Å². The number of hydrogen-bond donors (Lipinski definition) is 1. The summed E-state index contributed by atoms with van der Waals surface area (Å²) in [6, 6.07) is 20.5. The van der Waals surface area contributed by atoms with E-state index in [2.05, 4.69) is 15.2 Å². The Morgan fingerprint density at radius 2 is 1.78 bits per heavy atom. The summed E-state index contributed by atoms with van der Waals surface area (Å²) in [7, 11) is 1.79. The molecule has 2 amide bonds. The minimum Gasteiger partial charge on any atom is -0.444 e. The molecule has 3 aromatic rings. The lowest BCUT2D eigenvalue weighted by Gasteiger charge is -2.28. The van der Waals surface area contributed by atoms with E-state index in [9.17, 15) is 9.59 Å². The zero-order valence-electron chi connectivity index (χ0n) is 21.1. The molecule has 0 radical (unpaired) electrons. The third-order valence-electron chi connectivity index (χ3n) is 5.85. The highest BCUT2D eigenvalue weighted by atomic mass is 16.6. The molecule has 2 heterocycles. The molecule has 0 bridgehead atoms. The van der Waals surface area contributed by atoms with E-state index in [1.807, 2.05) is 75.4 Å². The van der Waals surface area contributed by atoms with Crippen LogP contribution >= 0.6 is 0 Å². The Balaban J connectivity index is 0.00000380. The van der Waals surface area contributed by atoms with Gasteiger partial charge in [0.2, 0.25) is 5.88 Å². The van der Waals surface area contributed by atoms with E-state index < -0.39 is 5.60 Å². The van der Waals surface area contributed by atoms with Gasteiger partial charge in [-0.1, -0.05) is 18.2 Å². The summed E-state index contributed by atoms with van der Waals surface area (Å²) in [6.45, 7) is 7.17. The third-order valence-corrected chi connectivity index (χ3v) is 5.85. The van der Waals surface area contributed by atoms with Gasteiger partial charge in [0.15, 0.2) is 0 Å². The Hall–Kier alpha value is -4.07. The molecule has 8 heteroatoms. The highest BCUT2D eigenvalue weighted by molar-refractivity contribution is 6.04. The zero-order valence-corrected chi connectivity index (χ0v) is 21.1. The molecule has 190 valence electrons. The van der Waals surface area contributed by atoms with Crippen LogP contribution in [-0.4, -0.2) is 53.7 Å². The molecule has 1 aliphatic heterocycles. The van der Waals surface area contributed by atoms with E-state index in [0.717, 1.165) is 25.2 Å². The van der Waals surface area contributed by atoms with Gasteiger partial charge in [0.1, 0.15) is 11.4 Å². The smallest absolute Gasteiger partial charge is 0.410 e. The van der Waals surface area contributed by atoms with E-state index in [-0.39, 0.29) is 19.5 Å². The van der Waals surface area contributed by atoms with Gasteiger partial charge in [0, 0.05) is 45.2 Å². The van der Waals surface area contributed by atoms with E-state index in [0.29, 0.717) is 22.9 Å². The van der Waals surface area contributed by atoms with Crippen molar-refractivity contribution in [2.24, 2.45) is 0 Å². The molecule has 1 unspecified atom stereocenters. The maximum atomic E-state index is 12.7. The summed E-state index contributed by atoms with van der Waals surface area (Å²) in [6.07, 6.45) is 2.06. The molecule has 1 aliphatic rings. The molecular formula is C28H34N4O4. The van der Waals surface area contributed by atoms with E-state index in [1.54, 1.807) is 24.1 Å². The lowest BCUT2D eigenvalue weighted by molar-refractivity contribution is 0.0237. The number of rotatable bonds is 6. The maximum absolute atomic E-state index is 12.7. The Labute approximate surface area is 213 Å². The third kappa shape index (κ3) is 6.53. The van der Waals surface area contributed by atoms with Crippen molar-refractivity contribution >= 4 is 23.4 Å². The standard InChI is InChI=1S/C28H32N4O4.H2/c1-28(2,3)36-27(34)31(4)23-16-17-32(19-23)22-13-11-21(12-14-22)30-26(33)20-10-15-25(29-18-20)35-24-8-6-5-7-9-24;/h5-15,18,23H,16-17,19H2,1-4H3,(H,30,33);1H. The first-order valence-corrected chi connectivity index (χ1v) is 12.0. The Kier molecular flexibility index (Phi) is 7.43. The minimum atomic E-state index is -0.516.